The normalized spacial score (nSPS) is 29.8. The lowest BCUT2D eigenvalue weighted by Crippen LogP contribution is -2.36. The fourth-order valence-corrected chi connectivity index (χ4v) is 3.62. The summed E-state index contributed by atoms with van der Waals surface area (Å²) in [5.41, 5.74) is 1.55. The van der Waals surface area contributed by atoms with E-state index in [0.29, 0.717) is 5.69 Å². The molecule has 1 aromatic rings. The van der Waals surface area contributed by atoms with Crippen LogP contribution in [0.5, 0.6) is 0 Å². The highest BCUT2D eigenvalue weighted by molar-refractivity contribution is 5.96. The summed E-state index contributed by atoms with van der Waals surface area (Å²) in [5, 5.41) is 16.4. The number of amides is 1. The molecular weight excluding hydrogens is 270 g/mol. The lowest BCUT2D eigenvalue weighted by atomic mass is 9.82. The molecule has 6 nitrogen and oxygen atoms in total. The Morgan fingerprint density at radius 3 is 2.62 bits per heavy atom. The van der Waals surface area contributed by atoms with Gasteiger partial charge in [-0.15, -0.1) is 0 Å². The minimum Gasteiger partial charge on any atom is -0.481 e. The van der Waals surface area contributed by atoms with E-state index in [0.717, 1.165) is 18.7 Å². The van der Waals surface area contributed by atoms with Crippen molar-refractivity contribution in [2.45, 2.75) is 26.8 Å². The molecule has 0 spiro atoms. The van der Waals surface area contributed by atoms with Gasteiger partial charge in [0.2, 0.25) is 5.91 Å². The van der Waals surface area contributed by atoms with Crippen LogP contribution in [0, 0.1) is 30.6 Å². The van der Waals surface area contributed by atoms with Gasteiger partial charge in [-0.1, -0.05) is 12.2 Å². The van der Waals surface area contributed by atoms with E-state index in [4.69, 9.17) is 0 Å². The van der Waals surface area contributed by atoms with Crippen LogP contribution >= 0.6 is 0 Å². The fourth-order valence-electron chi connectivity index (χ4n) is 3.62. The Hall–Kier alpha value is -2.11. The molecule has 6 heteroatoms. The van der Waals surface area contributed by atoms with Gasteiger partial charge in [0.05, 0.1) is 29.4 Å². The summed E-state index contributed by atoms with van der Waals surface area (Å²) in [7, 11) is 0. The number of aliphatic carboxylic acids is 1. The van der Waals surface area contributed by atoms with Crippen LogP contribution in [0.3, 0.4) is 0 Å². The SMILES string of the molecule is CCn1ncc(NC(=O)C2C3C=CC(C3)C2C(=O)O)c1C. The summed E-state index contributed by atoms with van der Waals surface area (Å²) >= 11 is 0. The van der Waals surface area contributed by atoms with Crippen molar-refractivity contribution in [3.63, 3.8) is 0 Å². The number of nitrogens with one attached hydrogen (secondary N) is 1. The maximum Gasteiger partial charge on any atom is 0.307 e. The average Bonchev–Trinajstić information content (AvgIpc) is 3.13. The van der Waals surface area contributed by atoms with E-state index in [1.54, 1.807) is 10.9 Å². The maximum atomic E-state index is 12.5. The molecule has 2 aliphatic rings. The van der Waals surface area contributed by atoms with Crippen LogP contribution in [0.2, 0.25) is 0 Å². The summed E-state index contributed by atoms with van der Waals surface area (Å²) in [6.45, 7) is 4.60. The number of carboxylic acids is 1. The number of carboxylic acid groups (broad SMARTS) is 1. The van der Waals surface area contributed by atoms with Crippen LogP contribution < -0.4 is 5.32 Å². The summed E-state index contributed by atoms with van der Waals surface area (Å²) in [6, 6.07) is 0. The van der Waals surface area contributed by atoms with Crippen molar-refractivity contribution >= 4 is 17.6 Å². The summed E-state index contributed by atoms with van der Waals surface area (Å²) in [6.07, 6.45) is 6.31. The van der Waals surface area contributed by atoms with E-state index in [1.165, 1.54) is 0 Å². The van der Waals surface area contributed by atoms with Gasteiger partial charge in [0.1, 0.15) is 0 Å². The summed E-state index contributed by atoms with van der Waals surface area (Å²) in [4.78, 5) is 24.0. The molecule has 0 radical (unpaired) electrons. The molecule has 2 aliphatic carbocycles. The molecule has 1 heterocycles. The molecule has 4 unspecified atom stereocenters. The van der Waals surface area contributed by atoms with E-state index in [9.17, 15) is 14.7 Å². The molecule has 1 saturated carbocycles. The minimum absolute atomic E-state index is 0.0114. The van der Waals surface area contributed by atoms with Crippen molar-refractivity contribution < 1.29 is 14.7 Å². The van der Waals surface area contributed by atoms with Gasteiger partial charge < -0.3 is 10.4 Å². The van der Waals surface area contributed by atoms with E-state index in [-0.39, 0.29) is 17.7 Å². The second kappa shape index (κ2) is 5.02. The fraction of sp³-hybridized carbons (Fsp3) is 0.533. The van der Waals surface area contributed by atoms with Crippen molar-refractivity contribution in [2.24, 2.45) is 23.7 Å². The van der Waals surface area contributed by atoms with Gasteiger partial charge in [-0.3, -0.25) is 14.3 Å². The monoisotopic (exact) mass is 289 g/mol. The van der Waals surface area contributed by atoms with Crippen LogP contribution in [0.15, 0.2) is 18.3 Å². The highest BCUT2D eigenvalue weighted by Gasteiger charge is 2.51. The molecule has 3 rings (SSSR count). The van der Waals surface area contributed by atoms with E-state index < -0.39 is 17.8 Å². The number of hydrogen-bond donors (Lipinski definition) is 2. The number of nitrogens with zero attached hydrogens (tertiary/aromatic N) is 2. The second-order valence-electron chi connectivity index (χ2n) is 5.79. The highest BCUT2D eigenvalue weighted by atomic mass is 16.4. The van der Waals surface area contributed by atoms with Crippen molar-refractivity contribution in [1.29, 1.82) is 0 Å². The molecule has 2 N–H and O–H groups in total. The number of hydrogen-bond acceptors (Lipinski definition) is 3. The first-order chi connectivity index (χ1) is 10.0. The largest absolute Gasteiger partial charge is 0.481 e. The lowest BCUT2D eigenvalue weighted by molar-refractivity contribution is -0.146. The maximum absolute atomic E-state index is 12.5. The Kier molecular flexibility index (Phi) is 3.31. The molecular formula is C15H19N3O3. The van der Waals surface area contributed by atoms with E-state index >= 15 is 0 Å². The van der Waals surface area contributed by atoms with Crippen LogP contribution in [0.4, 0.5) is 5.69 Å². The third-order valence-electron chi connectivity index (χ3n) is 4.71. The zero-order valence-corrected chi connectivity index (χ0v) is 12.1. The number of anilines is 1. The zero-order chi connectivity index (χ0) is 15.1. The van der Waals surface area contributed by atoms with E-state index in [1.807, 2.05) is 26.0 Å². The van der Waals surface area contributed by atoms with Crippen LogP contribution in [-0.4, -0.2) is 26.8 Å². The Bertz CT molecular complexity index is 620. The van der Waals surface area contributed by atoms with Crippen LogP contribution in [-0.2, 0) is 16.1 Å². The highest BCUT2D eigenvalue weighted by Crippen LogP contribution is 2.48. The van der Waals surface area contributed by atoms with Crippen molar-refractivity contribution in [3.8, 4) is 0 Å². The Morgan fingerprint density at radius 2 is 2.05 bits per heavy atom. The molecule has 0 aliphatic heterocycles. The van der Waals surface area contributed by atoms with Gasteiger partial charge in [-0.2, -0.15) is 5.10 Å². The number of fused-ring (bicyclic) bond motifs is 2. The van der Waals surface area contributed by atoms with Gasteiger partial charge >= 0.3 is 5.97 Å². The van der Waals surface area contributed by atoms with Gasteiger partial charge in [0.25, 0.3) is 0 Å². The summed E-state index contributed by atoms with van der Waals surface area (Å²) < 4.78 is 1.80. The number of rotatable bonds is 4. The van der Waals surface area contributed by atoms with Gasteiger partial charge in [-0.25, -0.2) is 0 Å². The molecule has 1 fully saturated rings. The Morgan fingerprint density at radius 1 is 1.38 bits per heavy atom. The third kappa shape index (κ3) is 2.14. The molecule has 2 bridgehead atoms. The predicted molar refractivity (Wildman–Crippen MR) is 76.6 cm³/mol. The standard InChI is InChI=1S/C15H19N3O3/c1-3-18-8(2)11(7-16-18)17-14(19)12-9-4-5-10(6-9)13(12)15(20)21/h4-5,7,9-10,12-13H,3,6H2,1-2H3,(H,17,19)(H,20,21). The third-order valence-corrected chi connectivity index (χ3v) is 4.71. The van der Waals surface area contributed by atoms with E-state index in [2.05, 4.69) is 10.4 Å². The van der Waals surface area contributed by atoms with Crippen LogP contribution in [0.1, 0.15) is 19.0 Å². The average molecular weight is 289 g/mol. The zero-order valence-electron chi connectivity index (χ0n) is 12.1. The van der Waals surface area contributed by atoms with Crippen molar-refractivity contribution in [3.05, 3.63) is 24.0 Å². The Labute approximate surface area is 122 Å². The van der Waals surface area contributed by atoms with Crippen LogP contribution in [0.25, 0.3) is 0 Å². The number of aryl methyl sites for hydroxylation is 1. The second-order valence-corrected chi connectivity index (χ2v) is 5.79. The van der Waals surface area contributed by atoms with Gasteiger partial charge in [0.15, 0.2) is 0 Å². The molecule has 21 heavy (non-hydrogen) atoms. The molecule has 4 atom stereocenters. The number of allylic oxidation sites excluding steroid dienone is 2. The van der Waals surface area contributed by atoms with Crippen molar-refractivity contribution in [1.82, 2.24) is 9.78 Å². The molecule has 0 aromatic carbocycles. The lowest BCUT2D eigenvalue weighted by Gasteiger charge is -2.23. The Balaban J connectivity index is 1.80. The molecule has 112 valence electrons. The minimum atomic E-state index is -0.882. The van der Waals surface area contributed by atoms with Gasteiger partial charge in [0, 0.05) is 6.54 Å². The number of aromatic nitrogens is 2. The first kappa shape index (κ1) is 13.9. The predicted octanol–water partition coefficient (Wildman–Crippen LogP) is 1.67. The first-order valence-corrected chi connectivity index (χ1v) is 7.27. The summed E-state index contributed by atoms with van der Waals surface area (Å²) in [5.74, 6) is -2.16. The molecule has 0 saturated heterocycles. The number of carbonyl (C=O) groups is 2. The van der Waals surface area contributed by atoms with Crippen molar-refractivity contribution in [2.75, 3.05) is 5.32 Å². The van der Waals surface area contributed by atoms with Gasteiger partial charge in [-0.05, 0) is 32.1 Å². The molecule has 1 amide bonds. The first-order valence-electron chi connectivity index (χ1n) is 7.27. The molecule has 1 aromatic heterocycles. The quantitative estimate of drug-likeness (QED) is 0.826. The topological polar surface area (TPSA) is 84.2 Å². The number of carbonyl (C=O) groups excluding carboxylic acids is 1. The smallest absolute Gasteiger partial charge is 0.307 e.